The first-order valence-electron chi connectivity index (χ1n) is 9.69. The van der Waals surface area contributed by atoms with E-state index in [1.807, 2.05) is 6.92 Å². The van der Waals surface area contributed by atoms with Crippen LogP contribution in [0.25, 0.3) is 0 Å². The topological polar surface area (TPSA) is 231 Å². The predicted octanol–water partition coefficient (Wildman–Crippen LogP) is -2.34. The van der Waals surface area contributed by atoms with Gasteiger partial charge in [-0.05, 0) is 19.3 Å². The Labute approximate surface area is 179 Å². The quantitative estimate of drug-likeness (QED) is 0.151. The maximum atomic E-state index is 12.5. The van der Waals surface area contributed by atoms with Crippen molar-refractivity contribution in [2.24, 2.45) is 17.4 Å². The lowest BCUT2D eigenvalue weighted by molar-refractivity contribution is -0.143. The molecule has 0 bridgehead atoms. The number of hydrogen-bond acceptors (Lipinski definition) is 7. The monoisotopic (exact) mass is 445 g/mol. The highest BCUT2D eigenvalue weighted by Gasteiger charge is 2.30. The Bertz CT molecular complexity index is 698. The minimum atomic E-state index is -1.58. The van der Waals surface area contributed by atoms with Crippen LogP contribution in [0.3, 0.4) is 0 Å². The van der Waals surface area contributed by atoms with Gasteiger partial charge in [-0.3, -0.25) is 24.0 Å². The summed E-state index contributed by atoms with van der Waals surface area (Å²) in [6, 6.07) is -5.04. The number of amides is 4. The summed E-state index contributed by atoms with van der Waals surface area (Å²) in [5.41, 5.74) is 10.8. The molecule has 0 saturated carbocycles. The number of carbonyl (C=O) groups excluding carboxylic acids is 4. The summed E-state index contributed by atoms with van der Waals surface area (Å²) >= 11 is 0. The van der Waals surface area contributed by atoms with E-state index in [0.717, 1.165) is 0 Å². The molecule has 0 aliphatic carbocycles. The van der Waals surface area contributed by atoms with Gasteiger partial charge in [0.15, 0.2) is 0 Å². The van der Waals surface area contributed by atoms with Gasteiger partial charge < -0.3 is 37.6 Å². The Morgan fingerprint density at radius 2 is 1.42 bits per heavy atom. The van der Waals surface area contributed by atoms with E-state index in [1.54, 1.807) is 6.92 Å². The van der Waals surface area contributed by atoms with Crippen LogP contribution in [0.5, 0.6) is 0 Å². The highest BCUT2D eigenvalue weighted by Crippen LogP contribution is 2.07. The number of hydrogen-bond donors (Lipinski definition) is 7. The van der Waals surface area contributed by atoms with Crippen molar-refractivity contribution in [3.63, 3.8) is 0 Å². The first kappa shape index (κ1) is 27.8. The van der Waals surface area contributed by atoms with Crippen molar-refractivity contribution in [3.8, 4) is 0 Å². The molecule has 5 atom stereocenters. The standard InChI is InChI=1S/C18H31N5O8/c1-4-8(2)14(20)17(29)22-10(5-6-13(25)26)16(28)21-9(3)15(27)23-11(18(30)31)7-12(19)24/h8-11,14H,4-7,20H2,1-3H3,(H2,19,24)(H,21,28)(H,22,29)(H,23,27)(H,25,26)(H,30,31). The van der Waals surface area contributed by atoms with Gasteiger partial charge in [0.1, 0.15) is 18.1 Å². The highest BCUT2D eigenvalue weighted by molar-refractivity contribution is 5.94. The molecule has 0 aromatic rings. The molecule has 0 aromatic heterocycles. The lowest BCUT2D eigenvalue weighted by atomic mass is 9.98. The molecule has 5 unspecified atom stereocenters. The Hall–Kier alpha value is -3.22. The van der Waals surface area contributed by atoms with Crippen LogP contribution in [0, 0.1) is 5.92 Å². The van der Waals surface area contributed by atoms with Crippen LogP contribution in [0.2, 0.25) is 0 Å². The zero-order valence-corrected chi connectivity index (χ0v) is 17.7. The second-order valence-corrected chi connectivity index (χ2v) is 7.21. The zero-order chi connectivity index (χ0) is 24.3. The van der Waals surface area contributed by atoms with Crippen molar-refractivity contribution in [2.75, 3.05) is 0 Å². The van der Waals surface area contributed by atoms with E-state index in [0.29, 0.717) is 6.42 Å². The first-order chi connectivity index (χ1) is 14.3. The van der Waals surface area contributed by atoms with Gasteiger partial charge >= 0.3 is 11.9 Å². The van der Waals surface area contributed by atoms with Crippen LogP contribution >= 0.6 is 0 Å². The Kier molecular flexibility index (Phi) is 11.8. The van der Waals surface area contributed by atoms with Crippen LogP contribution in [-0.4, -0.2) is 69.9 Å². The summed E-state index contributed by atoms with van der Waals surface area (Å²) in [6.07, 6.45) is -0.731. The molecule has 0 aliphatic heterocycles. The molecular weight excluding hydrogens is 414 g/mol. The molecule has 9 N–H and O–H groups in total. The average molecular weight is 445 g/mol. The van der Waals surface area contributed by atoms with Crippen LogP contribution < -0.4 is 27.4 Å². The van der Waals surface area contributed by atoms with Gasteiger partial charge in [-0.1, -0.05) is 20.3 Å². The van der Waals surface area contributed by atoms with Gasteiger partial charge in [0.25, 0.3) is 0 Å². The molecule has 4 amide bonds. The number of nitrogens with one attached hydrogen (secondary N) is 3. The molecule has 13 nitrogen and oxygen atoms in total. The molecule has 31 heavy (non-hydrogen) atoms. The van der Waals surface area contributed by atoms with Gasteiger partial charge in [-0.15, -0.1) is 0 Å². The largest absolute Gasteiger partial charge is 0.481 e. The van der Waals surface area contributed by atoms with Crippen LogP contribution in [0.1, 0.15) is 46.5 Å². The molecule has 0 fully saturated rings. The Balaban J connectivity index is 5.19. The molecule has 0 saturated heterocycles. The summed E-state index contributed by atoms with van der Waals surface area (Å²) in [7, 11) is 0. The van der Waals surface area contributed by atoms with Crippen LogP contribution in [-0.2, 0) is 28.8 Å². The zero-order valence-electron chi connectivity index (χ0n) is 17.7. The summed E-state index contributed by atoms with van der Waals surface area (Å²) in [4.78, 5) is 69.9. The fourth-order valence-corrected chi connectivity index (χ4v) is 2.39. The van der Waals surface area contributed by atoms with Crippen LogP contribution in [0.15, 0.2) is 0 Å². The summed E-state index contributed by atoms with van der Waals surface area (Å²) in [5.74, 6) is -6.23. The highest BCUT2D eigenvalue weighted by atomic mass is 16.4. The summed E-state index contributed by atoms with van der Waals surface area (Å²) in [5, 5.41) is 24.7. The van der Waals surface area contributed by atoms with Gasteiger partial charge in [-0.2, -0.15) is 0 Å². The number of nitrogens with two attached hydrogens (primary N) is 2. The summed E-state index contributed by atoms with van der Waals surface area (Å²) in [6.45, 7) is 4.82. The molecule has 0 heterocycles. The molecule has 0 aliphatic rings. The molecule has 176 valence electrons. The number of carboxylic acids is 2. The third kappa shape index (κ3) is 10.4. The van der Waals surface area contributed by atoms with Crippen molar-refractivity contribution < 1.29 is 39.0 Å². The average Bonchev–Trinajstić information content (AvgIpc) is 2.68. The van der Waals surface area contributed by atoms with E-state index >= 15 is 0 Å². The molecule has 0 spiro atoms. The molecule has 0 rings (SSSR count). The van der Waals surface area contributed by atoms with E-state index in [-0.39, 0.29) is 12.3 Å². The fraction of sp³-hybridized carbons (Fsp3) is 0.667. The van der Waals surface area contributed by atoms with Gasteiger partial charge in [0, 0.05) is 6.42 Å². The molecule has 0 aromatic carbocycles. The smallest absolute Gasteiger partial charge is 0.326 e. The van der Waals surface area contributed by atoms with E-state index in [9.17, 15) is 28.8 Å². The lowest BCUT2D eigenvalue weighted by Gasteiger charge is -2.24. The van der Waals surface area contributed by atoms with Gasteiger partial charge in [0.05, 0.1) is 12.5 Å². The fourth-order valence-electron chi connectivity index (χ4n) is 2.39. The van der Waals surface area contributed by atoms with Gasteiger partial charge in [0.2, 0.25) is 23.6 Å². The molecular formula is C18H31N5O8. The van der Waals surface area contributed by atoms with Gasteiger partial charge in [-0.25, -0.2) is 4.79 Å². The second kappa shape index (κ2) is 13.2. The third-order valence-corrected chi connectivity index (χ3v) is 4.61. The maximum absolute atomic E-state index is 12.5. The van der Waals surface area contributed by atoms with Crippen LogP contribution in [0.4, 0.5) is 0 Å². The van der Waals surface area contributed by atoms with Crippen molar-refractivity contribution in [2.45, 2.75) is 70.6 Å². The van der Waals surface area contributed by atoms with Crippen molar-refractivity contribution in [1.29, 1.82) is 0 Å². The normalized spacial score (nSPS) is 15.5. The number of rotatable bonds is 14. The SMILES string of the molecule is CCC(C)C(N)C(=O)NC(CCC(=O)O)C(=O)NC(C)C(=O)NC(CC(N)=O)C(=O)O. The predicted molar refractivity (Wildman–Crippen MR) is 107 cm³/mol. The first-order valence-corrected chi connectivity index (χ1v) is 9.69. The molecule has 0 radical (unpaired) electrons. The maximum Gasteiger partial charge on any atom is 0.326 e. The minimum absolute atomic E-state index is 0.189. The number of aliphatic carboxylic acids is 2. The number of carbonyl (C=O) groups is 6. The van der Waals surface area contributed by atoms with E-state index in [1.165, 1.54) is 6.92 Å². The van der Waals surface area contributed by atoms with Crippen molar-refractivity contribution in [3.05, 3.63) is 0 Å². The second-order valence-electron chi connectivity index (χ2n) is 7.21. The molecule has 13 heteroatoms. The summed E-state index contributed by atoms with van der Waals surface area (Å²) < 4.78 is 0. The van der Waals surface area contributed by atoms with E-state index < -0.39 is 72.6 Å². The minimum Gasteiger partial charge on any atom is -0.481 e. The van der Waals surface area contributed by atoms with Crippen molar-refractivity contribution >= 4 is 35.6 Å². The lowest BCUT2D eigenvalue weighted by Crippen LogP contribution is -2.57. The Morgan fingerprint density at radius 1 is 0.871 bits per heavy atom. The number of carboxylic acid groups (broad SMARTS) is 2. The number of primary amides is 1. The third-order valence-electron chi connectivity index (χ3n) is 4.61. The van der Waals surface area contributed by atoms with E-state index in [2.05, 4.69) is 16.0 Å². The Morgan fingerprint density at radius 3 is 1.87 bits per heavy atom. The van der Waals surface area contributed by atoms with Crippen molar-refractivity contribution in [1.82, 2.24) is 16.0 Å². The van der Waals surface area contributed by atoms with E-state index in [4.69, 9.17) is 21.7 Å².